The molecule has 5 nitrogen and oxygen atoms in total. The normalized spacial score (nSPS) is 12.5. The smallest absolute Gasteiger partial charge is 0.317 e. The Morgan fingerprint density at radius 3 is 1.69 bits per heavy atom. The number of carboxylic acids is 1. The summed E-state index contributed by atoms with van der Waals surface area (Å²) in [5.41, 5.74) is 0. The Balaban J connectivity index is 0.000000223. The quantitative estimate of drug-likeness (QED) is 0.686. The monoisotopic (exact) mass is 187 g/mol. The van der Waals surface area contributed by atoms with Gasteiger partial charge in [0.2, 0.25) is 0 Å². The van der Waals surface area contributed by atoms with Crippen molar-refractivity contribution < 1.29 is 19.4 Å². The number of nitrogens with zero attached hydrogens (tertiary/aromatic N) is 1. The predicted molar refractivity (Wildman–Crippen MR) is 46.6 cm³/mol. The average Bonchev–Trinajstić information content (AvgIpc) is 2.06. The molecule has 1 aliphatic rings. The summed E-state index contributed by atoms with van der Waals surface area (Å²) in [7, 11) is 3.43. The zero-order valence-electron chi connectivity index (χ0n) is 7.64. The van der Waals surface area contributed by atoms with Crippen molar-refractivity contribution in [1.82, 2.24) is 4.90 Å². The Morgan fingerprint density at radius 1 is 1.23 bits per heavy atom. The molecule has 0 spiro atoms. The predicted octanol–water partition coefficient (Wildman–Crippen LogP) is 0.608. The lowest BCUT2D eigenvalue weighted by molar-refractivity contribution is -0.137. The summed E-state index contributed by atoms with van der Waals surface area (Å²) in [5.74, 6) is -0.787. The molecule has 0 radical (unpaired) electrons. The van der Waals surface area contributed by atoms with Gasteiger partial charge in [-0.3, -0.25) is 9.69 Å². The molecule has 1 heterocycles. The molecule has 0 fully saturated rings. The van der Waals surface area contributed by atoms with Crippen LogP contribution >= 0.6 is 0 Å². The van der Waals surface area contributed by atoms with E-state index in [-0.39, 0.29) is 6.54 Å². The van der Waals surface area contributed by atoms with E-state index in [0.717, 1.165) is 0 Å². The molecule has 0 amide bonds. The minimum Gasteiger partial charge on any atom is -0.480 e. The van der Waals surface area contributed by atoms with Crippen molar-refractivity contribution in [2.45, 2.75) is 0 Å². The molecule has 74 valence electrons. The van der Waals surface area contributed by atoms with Gasteiger partial charge >= 0.3 is 5.97 Å². The van der Waals surface area contributed by atoms with Gasteiger partial charge in [0.25, 0.3) is 0 Å². The first-order valence-electron chi connectivity index (χ1n) is 3.60. The van der Waals surface area contributed by atoms with Gasteiger partial charge in [0.1, 0.15) is 25.0 Å². The van der Waals surface area contributed by atoms with E-state index >= 15 is 0 Å². The number of hydrogen-bond acceptors (Lipinski definition) is 4. The molecule has 0 unspecified atom stereocenters. The van der Waals surface area contributed by atoms with E-state index in [0.29, 0.717) is 0 Å². The largest absolute Gasteiger partial charge is 0.480 e. The Kier molecular flexibility index (Phi) is 6.35. The Bertz CT molecular complexity index is 178. The maximum absolute atomic E-state index is 9.77. The third-order valence-corrected chi connectivity index (χ3v) is 0.877. The van der Waals surface area contributed by atoms with E-state index in [1.54, 1.807) is 19.0 Å². The van der Waals surface area contributed by atoms with E-state index in [2.05, 4.69) is 9.47 Å². The van der Waals surface area contributed by atoms with Gasteiger partial charge in [0, 0.05) is 0 Å². The molecule has 1 aliphatic heterocycles. The standard InChI is InChI=1S/C4H9NO2.C4H4O2/c1-5(2)3-4(6)7;1-2-6-4-3-5-1/h3H2,1-2H3,(H,6,7);1-4H. The van der Waals surface area contributed by atoms with Crippen molar-refractivity contribution in [1.29, 1.82) is 0 Å². The summed E-state index contributed by atoms with van der Waals surface area (Å²) in [6.07, 6.45) is 5.83. The van der Waals surface area contributed by atoms with Crippen LogP contribution in [0, 0.1) is 0 Å². The van der Waals surface area contributed by atoms with Crippen LogP contribution in [0.25, 0.3) is 0 Å². The Hall–Kier alpha value is -1.49. The maximum atomic E-state index is 9.77. The van der Waals surface area contributed by atoms with E-state index < -0.39 is 5.97 Å². The van der Waals surface area contributed by atoms with Crippen LogP contribution in [0.2, 0.25) is 0 Å². The fourth-order valence-corrected chi connectivity index (χ4v) is 0.490. The van der Waals surface area contributed by atoms with Crippen LogP contribution in [-0.4, -0.2) is 36.6 Å². The summed E-state index contributed by atoms with van der Waals surface area (Å²) in [6.45, 7) is 0.111. The first-order valence-corrected chi connectivity index (χ1v) is 3.60. The lowest BCUT2D eigenvalue weighted by atomic mass is 10.6. The van der Waals surface area contributed by atoms with Gasteiger partial charge in [0.05, 0.1) is 6.54 Å². The summed E-state index contributed by atoms with van der Waals surface area (Å²) < 4.78 is 9.17. The molecule has 0 saturated carbocycles. The summed E-state index contributed by atoms with van der Waals surface area (Å²) in [6, 6.07) is 0. The number of ether oxygens (including phenoxy) is 2. The van der Waals surface area contributed by atoms with Crippen molar-refractivity contribution in [2.75, 3.05) is 20.6 Å². The SMILES string of the molecule is C1=COC=CO1.CN(C)CC(=O)O. The molecular formula is C8H13NO4. The van der Waals surface area contributed by atoms with Gasteiger partial charge in [-0.2, -0.15) is 0 Å². The molecule has 1 N–H and O–H groups in total. The Morgan fingerprint density at radius 2 is 1.62 bits per heavy atom. The van der Waals surface area contributed by atoms with Crippen LogP contribution in [0.15, 0.2) is 25.0 Å². The molecule has 13 heavy (non-hydrogen) atoms. The number of likely N-dealkylation sites (N-methyl/N-ethyl adjacent to an activating group) is 1. The molecule has 5 heteroatoms. The van der Waals surface area contributed by atoms with E-state index in [1.807, 2.05) is 0 Å². The van der Waals surface area contributed by atoms with Crippen LogP contribution in [0.3, 0.4) is 0 Å². The van der Waals surface area contributed by atoms with Crippen molar-refractivity contribution in [2.24, 2.45) is 0 Å². The summed E-state index contributed by atoms with van der Waals surface area (Å²) in [4.78, 5) is 11.4. The fourth-order valence-electron chi connectivity index (χ4n) is 0.490. The zero-order chi connectivity index (χ0) is 10.1. The van der Waals surface area contributed by atoms with Crippen LogP contribution in [0.1, 0.15) is 0 Å². The third-order valence-electron chi connectivity index (χ3n) is 0.877. The van der Waals surface area contributed by atoms with Crippen LogP contribution in [-0.2, 0) is 14.3 Å². The lowest BCUT2D eigenvalue weighted by Gasteiger charge is -2.01. The van der Waals surface area contributed by atoms with Crippen LogP contribution in [0.4, 0.5) is 0 Å². The number of rotatable bonds is 2. The number of aliphatic carboxylic acids is 1. The second kappa shape index (κ2) is 7.17. The molecule has 0 aromatic rings. The van der Waals surface area contributed by atoms with Crippen molar-refractivity contribution in [3.8, 4) is 0 Å². The molecular weight excluding hydrogens is 174 g/mol. The van der Waals surface area contributed by atoms with Crippen molar-refractivity contribution in [3.05, 3.63) is 25.0 Å². The molecule has 0 bridgehead atoms. The second-order valence-corrected chi connectivity index (χ2v) is 2.45. The molecule has 0 aliphatic carbocycles. The van der Waals surface area contributed by atoms with E-state index in [4.69, 9.17) is 5.11 Å². The minimum absolute atomic E-state index is 0.111. The molecule has 0 aromatic carbocycles. The minimum atomic E-state index is -0.787. The summed E-state index contributed by atoms with van der Waals surface area (Å²) >= 11 is 0. The molecule has 0 atom stereocenters. The first kappa shape index (κ1) is 11.5. The van der Waals surface area contributed by atoms with Crippen LogP contribution in [0.5, 0.6) is 0 Å². The van der Waals surface area contributed by atoms with Gasteiger partial charge < -0.3 is 14.6 Å². The van der Waals surface area contributed by atoms with Gasteiger partial charge in [-0.25, -0.2) is 0 Å². The molecule has 1 rings (SSSR count). The first-order chi connectivity index (χ1) is 6.13. The second-order valence-electron chi connectivity index (χ2n) is 2.45. The molecule has 0 saturated heterocycles. The van der Waals surface area contributed by atoms with Gasteiger partial charge in [-0.15, -0.1) is 0 Å². The highest BCUT2D eigenvalue weighted by Gasteiger charge is 1.94. The van der Waals surface area contributed by atoms with E-state index in [1.165, 1.54) is 25.0 Å². The zero-order valence-corrected chi connectivity index (χ0v) is 7.64. The average molecular weight is 187 g/mol. The maximum Gasteiger partial charge on any atom is 0.317 e. The van der Waals surface area contributed by atoms with E-state index in [9.17, 15) is 4.79 Å². The number of hydrogen-bond donors (Lipinski definition) is 1. The van der Waals surface area contributed by atoms with Gasteiger partial charge in [-0.05, 0) is 14.1 Å². The molecule has 0 aromatic heterocycles. The topological polar surface area (TPSA) is 59.0 Å². The fraction of sp³-hybridized carbons (Fsp3) is 0.375. The third kappa shape index (κ3) is 10.5. The highest BCUT2D eigenvalue weighted by Crippen LogP contribution is 1.89. The van der Waals surface area contributed by atoms with Crippen molar-refractivity contribution >= 4 is 5.97 Å². The highest BCUT2D eigenvalue weighted by atomic mass is 16.5. The summed E-state index contributed by atoms with van der Waals surface area (Å²) in [5, 5.41) is 8.04. The Labute approximate surface area is 76.9 Å². The van der Waals surface area contributed by atoms with Crippen LogP contribution < -0.4 is 0 Å². The van der Waals surface area contributed by atoms with Gasteiger partial charge in [0.15, 0.2) is 0 Å². The number of carboxylic acid groups (broad SMARTS) is 1. The highest BCUT2D eigenvalue weighted by molar-refractivity contribution is 5.68. The lowest BCUT2D eigenvalue weighted by Crippen LogP contribution is -2.20. The number of carbonyl (C=O) groups is 1. The van der Waals surface area contributed by atoms with Crippen molar-refractivity contribution in [3.63, 3.8) is 0 Å². The van der Waals surface area contributed by atoms with Gasteiger partial charge in [-0.1, -0.05) is 0 Å².